The van der Waals surface area contributed by atoms with Gasteiger partial charge in [-0.25, -0.2) is 44.9 Å². The van der Waals surface area contributed by atoms with Crippen LogP contribution in [0.2, 0.25) is 0 Å². The van der Waals surface area contributed by atoms with Gasteiger partial charge in [-0.2, -0.15) is 13.2 Å². The third kappa shape index (κ3) is 8.07. The first-order valence-corrected chi connectivity index (χ1v) is 24.6. The maximum atomic E-state index is 15.3. The van der Waals surface area contributed by atoms with Gasteiger partial charge < -0.3 is 9.13 Å². The van der Waals surface area contributed by atoms with Gasteiger partial charge in [0.1, 0.15) is 23.3 Å². The van der Waals surface area contributed by atoms with Gasteiger partial charge in [0.25, 0.3) is 0 Å². The Kier molecular flexibility index (Phi) is 10.9. The van der Waals surface area contributed by atoms with Gasteiger partial charge >= 0.3 is 6.18 Å². The molecule has 0 aliphatic carbocycles. The van der Waals surface area contributed by atoms with Crippen LogP contribution in [-0.4, -0.2) is 54.0 Å². The van der Waals surface area contributed by atoms with Crippen LogP contribution in [-0.2, 0) is 6.18 Å². The molecule has 0 atom stereocenters. The third-order valence-corrected chi connectivity index (χ3v) is 13.6. The second-order valence-electron chi connectivity index (χ2n) is 18.7. The number of aryl methyl sites for hydroxylation is 4. The van der Waals surface area contributed by atoms with Crippen LogP contribution in [0.4, 0.5) is 13.2 Å². The summed E-state index contributed by atoms with van der Waals surface area (Å²) in [7, 11) is 0. The van der Waals surface area contributed by atoms with Gasteiger partial charge in [0.15, 0.2) is 29.1 Å². The van der Waals surface area contributed by atoms with E-state index in [1.807, 2.05) is 172 Å². The molecule has 76 heavy (non-hydrogen) atoms. The van der Waals surface area contributed by atoms with Crippen LogP contribution < -0.4 is 0 Å². The largest absolute Gasteiger partial charge is 0.416 e. The number of fused-ring (bicyclic) bond motifs is 6. The summed E-state index contributed by atoms with van der Waals surface area (Å²) < 4.78 is 50.0. The Morgan fingerprint density at radius 1 is 0.303 bits per heavy atom. The van der Waals surface area contributed by atoms with E-state index in [-0.39, 0.29) is 0 Å². The zero-order valence-electron chi connectivity index (χ0n) is 41.4. The fourth-order valence-electron chi connectivity index (χ4n) is 10.4. The van der Waals surface area contributed by atoms with Crippen molar-refractivity contribution in [3.8, 4) is 79.4 Å². The van der Waals surface area contributed by atoms with Crippen molar-refractivity contribution in [2.45, 2.75) is 33.9 Å². The second-order valence-corrected chi connectivity index (χ2v) is 18.7. The van der Waals surface area contributed by atoms with E-state index < -0.39 is 11.7 Å². The molecule has 0 N–H and O–H groups in total. The Labute approximate surface area is 433 Å². The first-order chi connectivity index (χ1) is 36.9. The number of para-hydroxylation sites is 2. The smallest absolute Gasteiger partial charge is 0.309 e. The van der Waals surface area contributed by atoms with Crippen molar-refractivity contribution in [2.75, 3.05) is 0 Å². The highest BCUT2D eigenvalue weighted by Gasteiger charge is 2.33. The van der Waals surface area contributed by atoms with E-state index in [0.717, 1.165) is 60.9 Å². The number of hydrogen-bond donors (Lipinski definition) is 0. The quantitative estimate of drug-likeness (QED) is 0.146. The third-order valence-electron chi connectivity index (χ3n) is 13.6. The lowest BCUT2D eigenvalue weighted by molar-refractivity contribution is -0.137. The Morgan fingerprint density at radius 2 is 0.697 bits per heavy atom. The summed E-state index contributed by atoms with van der Waals surface area (Å²) in [5.74, 6) is 4.78. The zero-order chi connectivity index (χ0) is 51.8. The van der Waals surface area contributed by atoms with Gasteiger partial charge in [-0.15, -0.1) is 0 Å². The van der Waals surface area contributed by atoms with Crippen molar-refractivity contribution >= 4 is 43.6 Å². The predicted molar refractivity (Wildman–Crippen MR) is 292 cm³/mol. The van der Waals surface area contributed by atoms with E-state index in [2.05, 4.69) is 48.8 Å². The molecule has 0 bridgehead atoms. The molecule has 0 saturated heterocycles. The van der Waals surface area contributed by atoms with Crippen molar-refractivity contribution in [3.63, 3.8) is 0 Å². The second kappa shape index (κ2) is 18.0. The summed E-state index contributed by atoms with van der Waals surface area (Å²) in [5, 5.41) is 3.55. The first-order valence-electron chi connectivity index (χ1n) is 24.6. The highest BCUT2D eigenvalue weighted by atomic mass is 19.4. The summed E-state index contributed by atoms with van der Waals surface area (Å²) in [6.07, 6.45) is -4.68. The van der Waals surface area contributed by atoms with E-state index in [1.54, 1.807) is 6.07 Å². The normalized spacial score (nSPS) is 11.9. The van der Waals surface area contributed by atoms with E-state index in [9.17, 15) is 0 Å². The van der Waals surface area contributed by atoms with Gasteiger partial charge in [0, 0.05) is 60.5 Å². The van der Waals surface area contributed by atoms with Crippen molar-refractivity contribution in [1.82, 2.24) is 54.0 Å². The molecule has 11 nitrogen and oxygen atoms in total. The van der Waals surface area contributed by atoms with Gasteiger partial charge in [-0.05, 0) is 107 Å². The van der Waals surface area contributed by atoms with Crippen molar-refractivity contribution in [2.24, 2.45) is 0 Å². The summed E-state index contributed by atoms with van der Waals surface area (Å²) in [6.45, 7) is 7.34. The number of alkyl halides is 3. The van der Waals surface area contributed by atoms with Crippen molar-refractivity contribution in [1.29, 1.82) is 0 Å². The van der Waals surface area contributed by atoms with Gasteiger partial charge in [0.2, 0.25) is 0 Å². The molecule has 366 valence electrons. The number of nitrogens with zero attached hydrogens (tertiary/aromatic N) is 11. The molecule has 5 heterocycles. The predicted octanol–water partition coefficient (Wildman–Crippen LogP) is 14.7. The molecule has 13 aromatic rings. The molecule has 0 aliphatic rings. The molecule has 0 amide bonds. The molecule has 0 radical (unpaired) electrons. The summed E-state index contributed by atoms with van der Waals surface area (Å²) >= 11 is 0. The molecule has 0 unspecified atom stereocenters. The molecule has 14 heteroatoms. The minimum Gasteiger partial charge on any atom is -0.309 e. The fraction of sp³-hybridized carbons (Fsp3) is 0.0806. The average molecular weight is 998 g/mol. The standard InChI is InChI=1S/C62H42F3N11/c1-35-66-36(2)69-59(68-35)41-23-28-53-48(31-41)45-19-11-13-21-51(45)75(53)54-29-25-43(61-73-57(39-15-7-5-8-16-39)72-58(74-61)40-17-9-6-10-18-40)33-50(54)47-27-26-44(62(63,64)65)34-56(47)76-52-22-14-12-20-46(52)49-32-42(24-30-55(49)76)60-70-37(3)67-38(4)71-60/h5-34H,1-4H3. The van der Waals surface area contributed by atoms with Crippen molar-refractivity contribution < 1.29 is 13.2 Å². The van der Waals surface area contributed by atoms with Crippen molar-refractivity contribution in [3.05, 3.63) is 211 Å². The van der Waals surface area contributed by atoms with Crippen LogP contribution in [0, 0.1) is 27.7 Å². The van der Waals surface area contributed by atoms with Gasteiger partial charge in [-0.3, -0.25) is 0 Å². The number of rotatable bonds is 8. The van der Waals surface area contributed by atoms with Crippen LogP contribution in [0.15, 0.2) is 182 Å². The average Bonchev–Trinajstić information content (AvgIpc) is 3.97. The maximum Gasteiger partial charge on any atom is 0.416 e. The minimum absolute atomic E-state index is 0.313. The van der Waals surface area contributed by atoms with E-state index >= 15 is 13.2 Å². The molecule has 13 rings (SSSR count). The molecule has 0 aliphatic heterocycles. The van der Waals surface area contributed by atoms with Crippen LogP contribution in [0.3, 0.4) is 0 Å². The Balaban J connectivity index is 1.12. The highest BCUT2D eigenvalue weighted by Crippen LogP contribution is 2.45. The van der Waals surface area contributed by atoms with Gasteiger partial charge in [0.05, 0.1) is 39.0 Å². The van der Waals surface area contributed by atoms with E-state index in [4.69, 9.17) is 24.9 Å². The SMILES string of the molecule is Cc1nc(C)nc(-c2ccc3c(c2)c2ccccc2n3-c2ccc(-c3nc(-c4ccccc4)nc(-c4ccccc4)n3)cc2-c2ccc(C(F)(F)F)cc2-n2c3ccccc3c3cc(-c4nc(C)nc(C)n4)ccc32)n1. The molecule has 0 fully saturated rings. The van der Waals surface area contributed by atoms with Gasteiger partial charge in [-0.1, -0.05) is 103 Å². The maximum absolute atomic E-state index is 15.3. The summed E-state index contributed by atoms with van der Waals surface area (Å²) in [6, 6.07) is 57.3. The lowest BCUT2D eigenvalue weighted by Gasteiger charge is -2.21. The number of aromatic nitrogens is 11. The Hall–Kier alpha value is -9.82. The molecule has 5 aromatic heterocycles. The lowest BCUT2D eigenvalue weighted by Crippen LogP contribution is -2.08. The number of benzene rings is 8. The molecule has 8 aromatic carbocycles. The summed E-state index contributed by atoms with van der Waals surface area (Å²) in [5.41, 5.74) is 8.31. The van der Waals surface area contributed by atoms with Crippen LogP contribution in [0.1, 0.15) is 28.9 Å². The van der Waals surface area contributed by atoms with Crippen LogP contribution >= 0.6 is 0 Å². The number of halogens is 3. The molecule has 0 spiro atoms. The lowest BCUT2D eigenvalue weighted by atomic mass is 9.96. The summed E-state index contributed by atoms with van der Waals surface area (Å²) in [4.78, 5) is 42.7. The number of hydrogen-bond acceptors (Lipinski definition) is 9. The van der Waals surface area contributed by atoms with Crippen LogP contribution in [0.25, 0.3) is 123 Å². The molecular formula is C62H42F3N11. The zero-order valence-corrected chi connectivity index (χ0v) is 41.4. The highest BCUT2D eigenvalue weighted by molar-refractivity contribution is 6.12. The van der Waals surface area contributed by atoms with E-state index in [0.29, 0.717) is 91.5 Å². The fourth-order valence-corrected chi connectivity index (χ4v) is 10.4. The Bertz CT molecular complexity index is 4360. The first kappa shape index (κ1) is 46.0. The topological polar surface area (TPSA) is 126 Å². The van der Waals surface area contributed by atoms with E-state index in [1.165, 1.54) is 6.07 Å². The van der Waals surface area contributed by atoms with Crippen LogP contribution in [0.5, 0.6) is 0 Å². The minimum atomic E-state index is -4.68. The Morgan fingerprint density at radius 3 is 1.18 bits per heavy atom. The molecule has 0 saturated carbocycles. The molecular weight excluding hydrogens is 956 g/mol. The monoisotopic (exact) mass is 997 g/mol.